The molecule has 0 heterocycles. The lowest BCUT2D eigenvalue weighted by Crippen LogP contribution is -3.13. The van der Waals surface area contributed by atoms with Gasteiger partial charge in [-0.25, -0.2) is 0 Å². The third-order valence-electron chi connectivity index (χ3n) is 1.76. The van der Waals surface area contributed by atoms with Crippen molar-refractivity contribution in [3.05, 3.63) is 0 Å². The number of hydrogen-bond donors (Lipinski definition) is 7. The minimum absolute atomic E-state index is 0.260. The summed E-state index contributed by atoms with van der Waals surface area (Å²) in [6, 6.07) is 0. The van der Waals surface area contributed by atoms with E-state index < -0.39 is 0 Å². The van der Waals surface area contributed by atoms with Crippen molar-refractivity contribution in [3.8, 4) is 0 Å². The predicted molar refractivity (Wildman–Crippen MR) is 55.0 cm³/mol. The van der Waals surface area contributed by atoms with Crippen molar-refractivity contribution in [1.29, 1.82) is 0 Å². The molecule has 0 aromatic heterocycles. The van der Waals surface area contributed by atoms with Gasteiger partial charge in [0.2, 0.25) is 0 Å². The molecule has 0 fully saturated rings. The van der Waals surface area contributed by atoms with Gasteiger partial charge in [0.05, 0.1) is 7.05 Å². The largest absolute Gasteiger partial charge is 0.338 e. The molecule has 0 bridgehead atoms. The lowest BCUT2D eigenvalue weighted by molar-refractivity contribution is -0.893. The zero-order chi connectivity index (χ0) is 11.0. The topological polar surface area (TPSA) is 136 Å². The standard InChI is InChI=1S/C7H19N7/c1-14(4-2-12-6(8)9)5-3-13-7(10)11/h2-5H2,1H3,(H4,8,9,12)(H4,10,11,13)/p+3. The van der Waals surface area contributed by atoms with Crippen LogP contribution in [0.2, 0.25) is 0 Å². The third kappa shape index (κ3) is 8.60. The molecule has 82 valence electrons. The number of nitrogens with one attached hydrogen (secondary N) is 3. The SMILES string of the molecule is C[NH+](CC[NH+]=C(N)N)CC[NH+]=C(N)N. The molecule has 0 aromatic carbocycles. The highest BCUT2D eigenvalue weighted by molar-refractivity contribution is 5.69. The number of quaternary nitrogens is 1. The summed E-state index contributed by atoms with van der Waals surface area (Å²) in [6.45, 7) is 3.39. The molecule has 0 saturated heterocycles. The summed E-state index contributed by atoms with van der Waals surface area (Å²) in [7, 11) is 2.07. The Morgan fingerprint density at radius 2 is 1.29 bits per heavy atom. The van der Waals surface area contributed by atoms with Crippen LogP contribution in [0.4, 0.5) is 0 Å². The first-order chi connectivity index (χ1) is 6.52. The fraction of sp³-hybridized carbons (Fsp3) is 0.714. The summed E-state index contributed by atoms with van der Waals surface area (Å²) < 4.78 is 0. The quantitative estimate of drug-likeness (QED) is 0.171. The van der Waals surface area contributed by atoms with Crippen LogP contribution in [0.5, 0.6) is 0 Å². The van der Waals surface area contributed by atoms with E-state index in [2.05, 4.69) is 17.0 Å². The van der Waals surface area contributed by atoms with Gasteiger partial charge in [-0.05, 0) is 0 Å². The molecule has 0 atom stereocenters. The lowest BCUT2D eigenvalue weighted by atomic mass is 10.5. The third-order valence-corrected chi connectivity index (χ3v) is 1.76. The summed E-state index contributed by atoms with van der Waals surface area (Å²) >= 11 is 0. The van der Waals surface area contributed by atoms with E-state index in [1.807, 2.05) is 0 Å². The van der Waals surface area contributed by atoms with Gasteiger partial charge in [0.1, 0.15) is 26.2 Å². The summed E-state index contributed by atoms with van der Waals surface area (Å²) in [5.41, 5.74) is 21.0. The Bertz CT molecular complexity index is 180. The first-order valence-electron chi connectivity index (χ1n) is 4.57. The second-order valence-electron chi connectivity index (χ2n) is 3.22. The lowest BCUT2D eigenvalue weighted by Gasteiger charge is -2.09. The van der Waals surface area contributed by atoms with E-state index in [-0.39, 0.29) is 11.9 Å². The highest BCUT2D eigenvalue weighted by Crippen LogP contribution is 1.38. The number of nitrogens with two attached hydrogens (primary N) is 4. The fourth-order valence-electron chi connectivity index (χ4n) is 0.965. The Labute approximate surface area is 83.8 Å². The van der Waals surface area contributed by atoms with Gasteiger partial charge in [-0.15, -0.1) is 0 Å². The molecule has 14 heavy (non-hydrogen) atoms. The van der Waals surface area contributed by atoms with Crippen LogP contribution in [0.25, 0.3) is 0 Å². The Morgan fingerprint density at radius 1 is 0.929 bits per heavy atom. The second-order valence-corrected chi connectivity index (χ2v) is 3.22. The molecule has 0 radical (unpaired) electrons. The van der Waals surface area contributed by atoms with Crippen molar-refractivity contribution in [2.24, 2.45) is 22.9 Å². The molecule has 0 amide bonds. The molecule has 0 saturated carbocycles. The molecular weight excluding hydrogens is 182 g/mol. The number of hydrogen-bond acceptors (Lipinski definition) is 0. The smallest absolute Gasteiger partial charge is 0.332 e. The van der Waals surface area contributed by atoms with Gasteiger partial charge in [0, 0.05) is 0 Å². The van der Waals surface area contributed by atoms with Gasteiger partial charge in [-0.3, -0.25) is 32.9 Å². The number of rotatable bonds is 6. The van der Waals surface area contributed by atoms with Crippen molar-refractivity contribution >= 4 is 11.9 Å². The maximum atomic E-state index is 5.24. The second kappa shape index (κ2) is 6.96. The molecule has 11 N–H and O–H groups in total. The van der Waals surface area contributed by atoms with E-state index in [9.17, 15) is 0 Å². The Balaban J connectivity index is 3.51. The molecule has 7 nitrogen and oxygen atoms in total. The molecule has 0 spiro atoms. The van der Waals surface area contributed by atoms with E-state index in [0.29, 0.717) is 0 Å². The summed E-state index contributed by atoms with van der Waals surface area (Å²) in [6.07, 6.45) is 0. The van der Waals surface area contributed by atoms with Crippen molar-refractivity contribution in [2.45, 2.75) is 0 Å². The van der Waals surface area contributed by atoms with Crippen molar-refractivity contribution in [2.75, 3.05) is 33.2 Å². The van der Waals surface area contributed by atoms with Crippen LogP contribution in [-0.2, 0) is 0 Å². The van der Waals surface area contributed by atoms with E-state index >= 15 is 0 Å². The van der Waals surface area contributed by atoms with Crippen LogP contribution < -0.4 is 37.8 Å². The van der Waals surface area contributed by atoms with Gasteiger partial charge in [-0.2, -0.15) is 0 Å². The average Bonchev–Trinajstić information content (AvgIpc) is 2.02. The van der Waals surface area contributed by atoms with Crippen LogP contribution in [0.15, 0.2) is 0 Å². The minimum Gasteiger partial charge on any atom is -0.332 e. The maximum Gasteiger partial charge on any atom is 0.338 e. The van der Waals surface area contributed by atoms with Gasteiger partial charge >= 0.3 is 11.9 Å². The molecule has 0 aliphatic heterocycles. The van der Waals surface area contributed by atoms with Crippen LogP contribution in [0.3, 0.4) is 0 Å². The fourth-order valence-corrected chi connectivity index (χ4v) is 0.965. The number of guanidine groups is 2. The Hall–Kier alpha value is -1.50. The Kier molecular flexibility index (Phi) is 6.21. The summed E-state index contributed by atoms with van der Waals surface area (Å²) in [5, 5.41) is 0. The van der Waals surface area contributed by atoms with Crippen molar-refractivity contribution in [1.82, 2.24) is 0 Å². The zero-order valence-electron chi connectivity index (χ0n) is 8.64. The molecule has 0 aliphatic carbocycles. The van der Waals surface area contributed by atoms with Gasteiger partial charge < -0.3 is 4.90 Å². The minimum atomic E-state index is 0.260. The first-order valence-corrected chi connectivity index (χ1v) is 4.57. The van der Waals surface area contributed by atoms with E-state index in [1.54, 1.807) is 0 Å². The van der Waals surface area contributed by atoms with Crippen LogP contribution in [-0.4, -0.2) is 45.1 Å². The highest BCUT2D eigenvalue weighted by Gasteiger charge is 2.01. The van der Waals surface area contributed by atoms with Crippen LogP contribution in [0.1, 0.15) is 0 Å². The van der Waals surface area contributed by atoms with Gasteiger partial charge in [0.25, 0.3) is 0 Å². The molecule has 7 heteroatoms. The Morgan fingerprint density at radius 3 is 1.57 bits per heavy atom. The van der Waals surface area contributed by atoms with Crippen molar-refractivity contribution in [3.63, 3.8) is 0 Å². The molecule has 0 aromatic rings. The summed E-state index contributed by atoms with van der Waals surface area (Å²) in [4.78, 5) is 7.04. The average molecular weight is 204 g/mol. The highest BCUT2D eigenvalue weighted by atomic mass is 15.1. The first kappa shape index (κ1) is 12.5. The van der Waals surface area contributed by atoms with Crippen LogP contribution in [0, 0.1) is 0 Å². The summed E-state index contributed by atoms with van der Waals surface area (Å²) in [5.74, 6) is 0.519. The normalized spacial score (nSPS) is 9.86. The van der Waals surface area contributed by atoms with E-state index in [1.165, 1.54) is 4.90 Å². The van der Waals surface area contributed by atoms with E-state index in [0.717, 1.165) is 26.2 Å². The van der Waals surface area contributed by atoms with Crippen LogP contribution >= 0.6 is 0 Å². The van der Waals surface area contributed by atoms with Crippen molar-refractivity contribution < 1.29 is 14.9 Å². The van der Waals surface area contributed by atoms with Gasteiger partial charge in [-0.1, -0.05) is 0 Å². The zero-order valence-corrected chi connectivity index (χ0v) is 8.64. The monoisotopic (exact) mass is 204 g/mol. The molecular formula is C7H22N7+3. The number of likely N-dealkylation sites (N-methyl/N-ethyl adjacent to an activating group) is 1. The predicted octanol–water partition coefficient (Wildman–Crippen LogP) is -7.79. The van der Waals surface area contributed by atoms with Gasteiger partial charge in [0.15, 0.2) is 0 Å². The molecule has 0 unspecified atom stereocenters. The van der Waals surface area contributed by atoms with E-state index in [4.69, 9.17) is 22.9 Å². The molecule has 0 aliphatic rings. The molecule has 0 rings (SSSR count). The maximum absolute atomic E-state index is 5.24.